The van der Waals surface area contributed by atoms with E-state index in [2.05, 4.69) is 5.32 Å². The van der Waals surface area contributed by atoms with Crippen LogP contribution in [0.1, 0.15) is 28.9 Å². The fourth-order valence-electron chi connectivity index (χ4n) is 2.03. The first-order valence-electron chi connectivity index (χ1n) is 6.19. The molecule has 0 aromatic heterocycles. The molecular formula is C15H16ClN3O. The van der Waals surface area contributed by atoms with Gasteiger partial charge in [0.1, 0.15) is 0 Å². The standard InChI is InChI=1S/C15H16ClN3O/c1-9(11-4-2-3-5-13(11)16)19-14-7-6-10(17)8-12(14)15(18)20/h2-9,19H,17H2,1H3,(H2,18,20). The highest BCUT2D eigenvalue weighted by Gasteiger charge is 2.13. The number of nitrogens with two attached hydrogens (primary N) is 2. The normalized spacial score (nSPS) is 11.9. The van der Waals surface area contributed by atoms with Gasteiger partial charge < -0.3 is 16.8 Å². The second-order valence-electron chi connectivity index (χ2n) is 4.56. The lowest BCUT2D eigenvalue weighted by Crippen LogP contribution is -2.16. The molecule has 0 aliphatic heterocycles. The van der Waals surface area contributed by atoms with Crippen LogP contribution in [0.3, 0.4) is 0 Å². The van der Waals surface area contributed by atoms with Gasteiger partial charge in [-0.05, 0) is 36.8 Å². The molecule has 0 saturated heterocycles. The molecule has 20 heavy (non-hydrogen) atoms. The average molecular weight is 290 g/mol. The zero-order valence-corrected chi connectivity index (χ0v) is 11.8. The third-order valence-electron chi connectivity index (χ3n) is 3.05. The molecule has 104 valence electrons. The Balaban J connectivity index is 2.31. The van der Waals surface area contributed by atoms with Gasteiger partial charge in [0, 0.05) is 16.4 Å². The summed E-state index contributed by atoms with van der Waals surface area (Å²) in [5.74, 6) is -0.522. The second-order valence-corrected chi connectivity index (χ2v) is 4.96. The van der Waals surface area contributed by atoms with Gasteiger partial charge in [-0.25, -0.2) is 0 Å². The van der Waals surface area contributed by atoms with Crippen LogP contribution in [0, 0.1) is 0 Å². The molecule has 0 aliphatic rings. The second kappa shape index (κ2) is 5.84. The summed E-state index contributed by atoms with van der Waals surface area (Å²) in [5.41, 5.74) is 13.5. The minimum atomic E-state index is -0.522. The summed E-state index contributed by atoms with van der Waals surface area (Å²) in [6.07, 6.45) is 0. The molecule has 0 spiro atoms. The van der Waals surface area contributed by atoms with Gasteiger partial charge in [0.05, 0.1) is 11.6 Å². The van der Waals surface area contributed by atoms with Crippen molar-refractivity contribution in [2.24, 2.45) is 5.73 Å². The number of nitrogens with one attached hydrogen (secondary N) is 1. The lowest BCUT2D eigenvalue weighted by molar-refractivity contribution is 0.100. The van der Waals surface area contributed by atoms with Crippen LogP contribution in [-0.2, 0) is 0 Å². The molecule has 0 bridgehead atoms. The highest BCUT2D eigenvalue weighted by atomic mass is 35.5. The Hall–Kier alpha value is -2.20. The van der Waals surface area contributed by atoms with Crippen molar-refractivity contribution in [2.45, 2.75) is 13.0 Å². The minimum Gasteiger partial charge on any atom is -0.399 e. The maximum absolute atomic E-state index is 11.5. The number of primary amides is 1. The van der Waals surface area contributed by atoms with Crippen LogP contribution in [0.25, 0.3) is 0 Å². The summed E-state index contributed by atoms with van der Waals surface area (Å²) in [6, 6.07) is 12.5. The maximum Gasteiger partial charge on any atom is 0.250 e. The zero-order valence-electron chi connectivity index (χ0n) is 11.1. The van der Waals surface area contributed by atoms with E-state index in [9.17, 15) is 4.79 Å². The average Bonchev–Trinajstić information content (AvgIpc) is 2.41. The fourth-order valence-corrected chi connectivity index (χ4v) is 2.33. The van der Waals surface area contributed by atoms with Crippen molar-refractivity contribution in [3.05, 3.63) is 58.6 Å². The van der Waals surface area contributed by atoms with Gasteiger partial charge in [0.2, 0.25) is 0 Å². The number of hydrogen-bond acceptors (Lipinski definition) is 3. The summed E-state index contributed by atoms with van der Waals surface area (Å²) in [4.78, 5) is 11.5. The predicted octanol–water partition coefficient (Wildman–Crippen LogP) is 3.19. The Bertz CT molecular complexity index is 643. The highest BCUT2D eigenvalue weighted by Crippen LogP contribution is 2.27. The molecule has 5 N–H and O–H groups in total. The third-order valence-corrected chi connectivity index (χ3v) is 3.40. The lowest BCUT2D eigenvalue weighted by atomic mass is 10.1. The SMILES string of the molecule is CC(Nc1ccc(N)cc1C(N)=O)c1ccccc1Cl. The highest BCUT2D eigenvalue weighted by molar-refractivity contribution is 6.31. The molecule has 2 aromatic rings. The van der Waals surface area contributed by atoms with Crippen LogP contribution in [0.15, 0.2) is 42.5 Å². The van der Waals surface area contributed by atoms with Gasteiger partial charge in [-0.3, -0.25) is 4.79 Å². The molecule has 5 heteroatoms. The monoisotopic (exact) mass is 289 g/mol. The van der Waals surface area contributed by atoms with Crippen LogP contribution >= 0.6 is 11.6 Å². The molecule has 2 aromatic carbocycles. The Morgan fingerprint density at radius 2 is 1.95 bits per heavy atom. The van der Waals surface area contributed by atoms with E-state index in [1.165, 1.54) is 0 Å². The van der Waals surface area contributed by atoms with Crippen LogP contribution < -0.4 is 16.8 Å². The summed E-state index contributed by atoms with van der Waals surface area (Å²) >= 11 is 6.16. The van der Waals surface area contributed by atoms with E-state index >= 15 is 0 Å². The molecular weight excluding hydrogens is 274 g/mol. The smallest absolute Gasteiger partial charge is 0.250 e. The number of carbonyl (C=O) groups excluding carboxylic acids is 1. The van der Waals surface area contributed by atoms with E-state index in [0.29, 0.717) is 22.0 Å². The number of rotatable bonds is 4. The Morgan fingerprint density at radius 3 is 2.60 bits per heavy atom. The number of anilines is 2. The molecule has 1 atom stereocenters. The van der Waals surface area contributed by atoms with Gasteiger partial charge in [-0.2, -0.15) is 0 Å². The molecule has 2 rings (SSSR count). The van der Waals surface area contributed by atoms with E-state index < -0.39 is 5.91 Å². The summed E-state index contributed by atoms with van der Waals surface area (Å²) in [6.45, 7) is 1.96. The topological polar surface area (TPSA) is 81.1 Å². The van der Waals surface area contributed by atoms with Gasteiger partial charge in [-0.15, -0.1) is 0 Å². The van der Waals surface area contributed by atoms with Gasteiger partial charge >= 0.3 is 0 Å². The number of benzene rings is 2. The number of hydrogen-bond donors (Lipinski definition) is 3. The summed E-state index contributed by atoms with van der Waals surface area (Å²) in [7, 11) is 0. The largest absolute Gasteiger partial charge is 0.399 e. The molecule has 1 amide bonds. The third kappa shape index (κ3) is 3.03. The van der Waals surface area contributed by atoms with E-state index in [-0.39, 0.29) is 6.04 Å². The summed E-state index contributed by atoms with van der Waals surface area (Å²) < 4.78 is 0. The molecule has 4 nitrogen and oxygen atoms in total. The first-order chi connectivity index (χ1) is 9.49. The number of halogens is 1. The van der Waals surface area contributed by atoms with Crippen LogP contribution in [0.2, 0.25) is 5.02 Å². The quantitative estimate of drug-likeness (QED) is 0.756. The van der Waals surface area contributed by atoms with Crippen molar-refractivity contribution >= 4 is 28.9 Å². The molecule has 0 fully saturated rings. The van der Waals surface area contributed by atoms with E-state index in [0.717, 1.165) is 5.56 Å². The van der Waals surface area contributed by atoms with E-state index in [1.54, 1.807) is 18.2 Å². The Kier molecular flexibility index (Phi) is 4.15. The minimum absolute atomic E-state index is 0.0644. The van der Waals surface area contributed by atoms with Crippen molar-refractivity contribution in [3.8, 4) is 0 Å². The van der Waals surface area contributed by atoms with Gasteiger partial charge in [0.25, 0.3) is 5.91 Å². The van der Waals surface area contributed by atoms with Crippen LogP contribution in [-0.4, -0.2) is 5.91 Å². The van der Waals surface area contributed by atoms with Gasteiger partial charge in [-0.1, -0.05) is 29.8 Å². The van der Waals surface area contributed by atoms with Crippen LogP contribution in [0.5, 0.6) is 0 Å². The van der Waals surface area contributed by atoms with Crippen molar-refractivity contribution in [1.29, 1.82) is 0 Å². The molecule has 0 aliphatic carbocycles. The molecule has 0 saturated carbocycles. The van der Waals surface area contributed by atoms with E-state index in [4.69, 9.17) is 23.1 Å². The maximum atomic E-state index is 11.5. The molecule has 0 heterocycles. The van der Waals surface area contributed by atoms with Crippen molar-refractivity contribution in [1.82, 2.24) is 0 Å². The van der Waals surface area contributed by atoms with Crippen LogP contribution in [0.4, 0.5) is 11.4 Å². The number of nitrogen functional groups attached to an aromatic ring is 1. The summed E-state index contributed by atoms with van der Waals surface area (Å²) in [5, 5.41) is 3.91. The first-order valence-corrected chi connectivity index (χ1v) is 6.57. The molecule has 0 radical (unpaired) electrons. The number of amides is 1. The van der Waals surface area contributed by atoms with Gasteiger partial charge in [0.15, 0.2) is 0 Å². The van der Waals surface area contributed by atoms with E-state index in [1.807, 2.05) is 31.2 Å². The predicted molar refractivity (Wildman–Crippen MR) is 82.9 cm³/mol. The first kappa shape index (κ1) is 14.2. The lowest BCUT2D eigenvalue weighted by Gasteiger charge is -2.19. The molecule has 1 unspecified atom stereocenters. The Labute approximate surface area is 122 Å². The Morgan fingerprint density at radius 1 is 1.25 bits per heavy atom. The van der Waals surface area contributed by atoms with Crippen molar-refractivity contribution in [2.75, 3.05) is 11.1 Å². The van der Waals surface area contributed by atoms with Crippen molar-refractivity contribution < 1.29 is 4.79 Å². The number of carbonyl (C=O) groups is 1. The van der Waals surface area contributed by atoms with Crippen molar-refractivity contribution in [3.63, 3.8) is 0 Å². The zero-order chi connectivity index (χ0) is 14.7. The fraction of sp³-hybridized carbons (Fsp3) is 0.133.